The molecule has 10 nitrogen and oxygen atoms in total. The first-order valence-electron chi connectivity index (χ1n) is 10.4. The summed E-state index contributed by atoms with van der Waals surface area (Å²) in [5.41, 5.74) is 0.924. The number of para-hydroxylation sites is 1. The molecule has 0 unspecified atom stereocenters. The fraction of sp³-hybridized carbons (Fsp3) is 0.227. The third kappa shape index (κ3) is 4.48. The van der Waals surface area contributed by atoms with Gasteiger partial charge in [0.1, 0.15) is 16.3 Å². The van der Waals surface area contributed by atoms with E-state index in [4.69, 9.17) is 9.84 Å². The molecule has 0 atom stereocenters. The van der Waals surface area contributed by atoms with Gasteiger partial charge in [0.05, 0.1) is 11.8 Å². The number of ether oxygens (including phenoxy) is 1. The molecule has 1 fully saturated rings. The van der Waals surface area contributed by atoms with E-state index >= 15 is 0 Å². The maximum absolute atomic E-state index is 13.3. The largest absolute Gasteiger partial charge is 0.465 e. The van der Waals surface area contributed by atoms with Gasteiger partial charge >= 0.3 is 6.09 Å². The van der Waals surface area contributed by atoms with Crippen molar-refractivity contribution < 1.29 is 19.4 Å². The molecule has 4 aromatic rings. The first kappa shape index (κ1) is 20.9. The van der Waals surface area contributed by atoms with Gasteiger partial charge in [-0.05, 0) is 25.0 Å². The number of carbonyl (C=O) groups excluding carboxylic acids is 1. The predicted molar refractivity (Wildman–Crippen MR) is 121 cm³/mol. The highest BCUT2D eigenvalue weighted by Gasteiger charge is 2.27. The summed E-state index contributed by atoms with van der Waals surface area (Å²) in [5.74, 6) is 0.955. The van der Waals surface area contributed by atoms with Crippen LogP contribution >= 0.6 is 11.3 Å². The molecule has 11 heteroatoms. The van der Waals surface area contributed by atoms with Crippen LogP contribution in [0.5, 0.6) is 11.6 Å². The summed E-state index contributed by atoms with van der Waals surface area (Å²) in [5, 5.41) is 17.6. The summed E-state index contributed by atoms with van der Waals surface area (Å²) in [6, 6.07) is 10.6. The molecule has 168 valence electrons. The van der Waals surface area contributed by atoms with Gasteiger partial charge in [-0.25, -0.2) is 14.3 Å². The van der Waals surface area contributed by atoms with E-state index in [0.717, 1.165) is 4.83 Å². The Morgan fingerprint density at radius 1 is 1.15 bits per heavy atom. The zero-order valence-electron chi connectivity index (χ0n) is 17.4. The Balaban J connectivity index is 1.46. The van der Waals surface area contributed by atoms with Crippen molar-refractivity contribution in [3.05, 3.63) is 59.9 Å². The van der Waals surface area contributed by atoms with Gasteiger partial charge in [0, 0.05) is 36.8 Å². The molecule has 1 aliphatic rings. The number of benzene rings is 1. The van der Waals surface area contributed by atoms with E-state index in [2.05, 4.69) is 20.4 Å². The average Bonchev–Trinajstić information content (AvgIpc) is 3.43. The number of rotatable bonds is 5. The minimum atomic E-state index is -1.05. The summed E-state index contributed by atoms with van der Waals surface area (Å²) in [6.45, 7) is 0.863. The highest BCUT2D eigenvalue weighted by atomic mass is 32.1. The number of nitrogens with zero attached hydrogens (tertiary/aromatic N) is 5. The van der Waals surface area contributed by atoms with Crippen molar-refractivity contribution in [2.45, 2.75) is 18.9 Å². The van der Waals surface area contributed by atoms with Gasteiger partial charge in [-0.15, -0.1) is 11.3 Å². The van der Waals surface area contributed by atoms with Crippen molar-refractivity contribution in [2.75, 3.05) is 13.1 Å². The van der Waals surface area contributed by atoms with Gasteiger partial charge in [-0.2, -0.15) is 10.1 Å². The number of carboxylic acid groups (broad SMARTS) is 1. The van der Waals surface area contributed by atoms with E-state index in [1.165, 1.54) is 17.4 Å². The van der Waals surface area contributed by atoms with Crippen LogP contribution < -0.4 is 10.1 Å². The second-order valence-corrected chi connectivity index (χ2v) is 8.45. The molecule has 33 heavy (non-hydrogen) atoms. The zero-order chi connectivity index (χ0) is 22.8. The summed E-state index contributed by atoms with van der Waals surface area (Å²) in [6.07, 6.45) is 3.55. The fourth-order valence-corrected chi connectivity index (χ4v) is 4.55. The topological polar surface area (TPSA) is 122 Å². The van der Waals surface area contributed by atoms with Crippen LogP contribution in [0, 0.1) is 0 Å². The lowest BCUT2D eigenvalue weighted by Crippen LogP contribution is -2.46. The maximum atomic E-state index is 13.3. The van der Waals surface area contributed by atoms with E-state index in [-0.39, 0.29) is 23.5 Å². The van der Waals surface area contributed by atoms with Crippen LogP contribution in [0.1, 0.15) is 23.3 Å². The van der Waals surface area contributed by atoms with Gasteiger partial charge in [0.15, 0.2) is 5.82 Å². The number of likely N-dealkylation sites (tertiary alicyclic amines) is 1. The normalized spacial score (nSPS) is 14.4. The Kier molecular flexibility index (Phi) is 5.61. The number of carbonyl (C=O) groups is 2. The molecule has 0 bridgehead atoms. The first-order chi connectivity index (χ1) is 16.1. The van der Waals surface area contributed by atoms with Crippen molar-refractivity contribution >= 4 is 28.2 Å². The van der Waals surface area contributed by atoms with Crippen LogP contribution in [-0.2, 0) is 0 Å². The molecule has 4 heterocycles. The molecule has 3 aromatic heterocycles. The minimum absolute atomic E-state index is 0.163. The highest BCUT2D eigenvalue weighted by Crippen LogP contribution is 2.29. The van der Waals surface area contributed by atoms with Crippen LogP contribution in [0.15, 0.2) is 54.2 Å². The van der Waals surface area contributed by atoms with Crippen LogP contribution in [0.4, 0.5) is 4.79 Å². The second-order valence-electron chi connectivity index (χ2n) is 7.56. The third-order valence-corrected chi connectivity index (χ3v) is 6.26. The summed E-state index contributed by atoms with van der Waals surface area (Å²) in [7, 11) is 0. The standard InChI is InChI=1S/C22H20N6O4S/c29-20(27-8-6-14(7-9-27)24-22(30)31)17-12-18(32-15-4-2-1-3-5-15)26-19(25-17)16-13-23-28-10-11-33-21(16)28/h1-5,10-14,24H,6-9H2,(H,30,31). The van der Waals surface area contributed by atoms with Gasteiger partial charge in [0.2, 0.25) is 5.88 Å². The first-order valence-corrected chi connectivity index (χ1v) is 11.3. The van der Waals surface area contributed by atoms with Crippen molar-refractivity contribution in [2.24, 2.45) is 0 Å². The lowest BCUT2D eigenvalue weighted by atomic mass is 10.0. The summed E-state index contributed by atoms with van der Waals surface area (Å²) in [4.78, 5) is 35.8. The molecule has 0 aliphatic carbocycles. The Morgan fingerprint density at radius 3 is 2.70 bits per heavy atom. The van der Waals surface area contributed by atoms with Crippen LogP contribution in [-0.4, -0.2) is 60.7 Å². The maximum Gasteiger partial charge on any atom is 0.404 e. The zero-order valence-corrected chi connectivity index (χ0v) is 18.2. The van der Waals surface area contributed by atoms with E-state index in [1.807, 2.05) is 29.8 Å². The molecule has 0 saturated carbocycles. The fourth-order valence-electron chi connectivity index (χ4n) is 3.76. The molecule has 2 N–H and O–H groups in total. The number of nitrogens with one attached hydrogen (secondary N) is 1. The number of fused-ring (bicyclic) bond motifs is 1. The molecular weight excluding hydrogens is 444 g/mol. The van der Waals surface area contributed by atoms with Crippen molar-refractivity contribution in [1.82, 2.24) is 29.8 Å². The van der Waals surface area contributed by atoms with Crippen LogP contribution in [0.3, 0.4) is 0 Å². The third-order valence-electron chi connectivity index (χ3n) is 5.37. The highest BCUT2D eigenvalue weighted by molar-refractivity contribution is 7.16. The van der Waals surface area contributed by atoms with E-state index in [1.54, 1.807) is 27.7 Å². The molecule has 1 aromatic carbocycles. The Bertz CT molecular complexity index is 1300. The minimum Gasteiger partial charge on any atom is -0.465 e. The summed E-state index contributed by atoms with van der Waals surface area (Å²) >= 11 is 1.50. The van der Waals surface area contributed by atoms with Gasteiger partial charge in [0.25, 0.3) is 5.91 Å². The smallest absolute Gasteiger partial charge is 0.404 e. The molecule has 2 amide bonds. The van der Waals surface area contributed by atoms with E-state index in [0.29, 0.717) is 43.1 Å². The number of hydrogen-bond donors (Lipinski definition) is 2. The van der Waals surface area contributed by atoms with Crippen LogP contribution in [0.25, 0.3) is 16.2 Å². The monoisotopic (exact) mass is 464 g/mol. The predicted octanol–water partition coefficient (Wildman–Crippen LogP) is 3.52. The molecule has 1 saturated heterocycles. The van der Waals surface area contributed by atoms with E-state index < -0.39 is 6.09 Å². The molecule has 0 radical (unpaired) electrons. The molecule has 1 aliphatic heterocycles. The summed E-state index contributed by atoms with van der Waals surface area (Å²) < 4.78 is 7.66. The Hall–Kier alpha value is -3.99. The number of thiazole rings is 1. The molecule has 5 rings (SSSR count). The number of piperidine rings is 1. The quantitative estimate of drug-likeness (QED) is 0.463. The van der Waals surface area contributed by atoms with Crippen molar-refractivity contribution in [3.63, 3.8) is 0 Å². The number of hydrogen-bond acceptors (Lipinski definition) is 7. The van der Waals surface area contributed by atoms with Crippen molar-refractivity contribution in [1.29, 1.82) is 0 Å². The van der Waals surface area contributed by atoms with Gasteiger partial charge < -0.3 is 20.1 Å². The molecule has 0 spiro atoms. The number of amides is 2. The SMILES string of the molecule is O=C(O)NC1CCN(C(=O)c2cc(Oc3ccccc3)nc(-c3cnn4ccsc34)n2)CC1. The van der Waals surface area contributed by atoms with Gasteiger partial charge in [-0.1, -0.05) is 18.2 Å². The van der Waals surface area contributed by atoms with Crippen molar-refractivity contribution in [3.8, 4) is 23.0 Å². The molecular formula is C22H20N6O4S. The average molecular weight is 465 g/mol. The Morgan fingerprint density at radius 2 is 1.94 bits per heavy atom. The van der Waals surface area contributed by atoms with E-state index in [9.17, 15) is 9.59 Å². The second kappa shape index (κ2) is 8.87. The Labute approximate surface area is 192 Å². The van der Waals surface area contributed by atoms with Crippen LogP contribution in [0.2, 0.25) is 0 Å². The lowest BCUT2D eigenvalue weighted by Gasteiger charge is -2.31. The number of aromatic nitrogens is 4. The van der Waals surface area contributed by atoms with Gasteiger partial charge in [-0.3, -0.25) is 4.79 Å². The lowest BCUT2D eigenvalue weighted by molar-refractivity contribution is 0.0699.